The molecule has 7 heteroatoms. The Bertz CT molecular complexity index is 850. The first-order valence-corrected chi connectivity index (χ1v) is 8.33. The van der Waals surface area contributed by atoms with Crippen LogP contribution in [0.5, 0.6) is 0 Å². The Morgan fingerprint density at radius 2 is 1.91 bits per heavy atom. The van der Waals surface area contributed by atoms with Gasteiger partial charge in [0.1, 0.15) is 5.92 Å². The molecule has 22 heavy (non-hydrogen) atoms. The highest BCUT2D eigenvalue weighted by Crippen LogP contribution is 2.39. The number of hydrogen-bond donors (Lipinski definition) is 1. The summed E-state index contributed by atoms with van der Waals surface area (Å²) in [4.78, 5) is 11.4. The van der Waals surface area contributed by atoms with Crippen molar-refractivity contribution in [2.75, 3.05) is 10.8 Å². The van der Waals surface area contributed by atoms with E-state index in [1.165, 1.54) is 12.1 Å². The van der Waals surface area contributed by atoms with Crippen LogP contribution < -0.4 is 4.31 Å². The summed E-state index contributed by atoms with van der Waals surface area (Å²) in [6.45, 7) is -0.122. The Hall–Kier alpha value is -2.05. The highest BCUT2D eigenvalue weighted by molar-refractivity contribution is 7.92. The number of para-hydroxylation sites is 1. The van der Waals surface area contributed by atoms with Crippen LogP contribution >= 0.6 is 11.6 Å². The van der Waals surface area contributed by atoms with Crippen molar-refractivity contribution in [3.63, 3.8) is 0 Å². The molecule has 0 spiro atoms. The van der Waals surface area contributed by atoms with Crippen molar-refractivity contribution in [1.29, 1.82) is 0 Å². The van der Waals surface area contributed by atoms with E-state index in [0.29, 0.717) is 16.3 Å². The highest BCUT2D eigenvalue weighted by atomic mass is 35.5. The zero-order chi connectivity index (χ0) is 15.9. The van der Waals surface area contributed by atoms with E-state index in [9.17, 15) is 18.3 Å². The Kier molecular flexibility index (Phi) is 3.58. The predicted octanol–water partition coefficient (Wildman–Crippen LogP) is 2.72. The maximum absolute atomic E-state index is 12.8. The predicted molar refractivity (Wildman–Crippen MR) is 82.8 cm³/mol. The summed E-state index contributed by atoms with van der Waals surface area (Å²) in [7, 11) is -3.86. The first kappa shape index (κ1) is 14.9. The molecule has 0 aliphatic carbocycles. The number of carboxylic acid groups (broad SMARTS) is 1. The van der Waals surface area contributed by atoms with Crippen molar-refractivity contribution in [3.05, 3.63) is 59.1 Å². The van der Waals surface area contributed by atoms with E-state index in [0.717, 1.165) is 4.31 Å². The highest BCUT2D eigenvalue weighted by Gasteiger charge is 2.39. The van der Waals surface area contributed by atoms with Gasteiger partial charge in [-0.2, -0.15) is 0 Å². The van der Waals surface area contributed by atoms with Crippen molar-refractivity contribution >= 4 is 33.3 Å². The lowest BCUT2D eigenvalue weighted by atomic mass is 10.0. The van der Waals surface area contributed by atoms with Crippen LogP contribution in [0.3, 0.4) is 0 Å². The average molecular weight is 338 g/mol. The zero-order valence-electron chi connectivity index (χ0n) is 11.3. The average Bonchev–Trinajstić information content (AvgIpc) is 2.87. The largest absolute Gasteiger partial charge is 0.481 e. The molecule has 2 aromatic carbocycles. The van der Waals surface area contributed by atoms with Crippen molar-refractivity contribution < 1.29 is 18.3 Å². The molecular formula is C15H12ClNO4S. The van der Waals surface area contributed by atoms with Crippen molar-refractivity contribution in [2.24, 2.45) is 0 Å². The van der Waals surface area contributed by atoms with Gasteiger partial charge in [0, 0.05) is 5.02 Å². The molecule has 0 bridgehead atoms. The number of benzene rings is 2. The summed E-state index contributed by atoms with van der Waals surface area (Å²) in [5.74, 6) is -1.92. The lowest BCUT2D eigenvalue weighted by Gasteiger charge is -2.19. The number of carbonyl (C=O) groups is 1. The van der Waals surface area contributed by atoms with Crippen LogP contribution in [0, 0.1) is 0 Å². The topological polar surface area (TPSA) is 74.7 Å². The SMILES string of the molecule is O=C(O)[C@@H]1CN(S(=O)(=O)c2cccc(Cl)c2)c2ccccc21. The molecule has 1 atom stereocenters. The van der Waals surface area contributed by atoms with E-state index in [2.05, 4.69) is 0 Å². The van der Waals surface area contributed by atoms with Crippen molar-refractivity contribution in [2.45, 2.75) is 10.8 Å². The zero-order valence-corrected chi connectivity index (χ0v) is 12.9. The van der Waals surface area contributed by atoms with Crippen molar-refractivity contribution in [1.82, 2.24) is 0 Å². The molecule has 1 N–H and O–H groups in total. The molecule has 1 aliphatic heterocycles. The second-order valence-electron chi connectivity index (χ2n) is 4.94. The maximum atomic E-state index is 12.8. The number of hydrogen-bond acceptors (Lipinski definition) is 3. The van der Waals surface area contributed by atoms with Crippen LogP contribution in [0.2, 0.25) is 5.02 Å². The van der Waals surface area contributed by atoms with Crippen LogP contribution in [0.15, 0.2) is 53.4 Å². The molecule has 0 aromatic heterocycles. The van der Waals surface area contributed by atoms with E-state index in [-0.39, 0.29) is 11.4 Å². The third kappa shape index (κ3) is 2.34. The second-order valence-corrected chi connectivity index (χ2v) is 7.24. The molecule has 0 saturated heterocycles. The molecule has 5 nitrogen and oxygen atoms in total. The van der Waals surface area contributed by atoms with Crippen LogP contribution in [0.25, 0.3) is 0 Å². The molecule has 0 radical (unpaired) electrons. The van der Waals surface area contributed by atoms with Gasteiger partial charge in [-0.05, 0) is 29.8 Å². The van der Waals surface area contributed by atoms with Gasteiger partial charge in [-0.1, -0.05) is 35.9 Å². The summed E-state index contributed by atoms with van der Waals surface area (Å²) in [6.07, 6.45) is 0. The summed E-state index contributed by atoms with van der Waals surface area (Å²) in [5.41, 5.74) is 0.899. The van der Waals surface area contributed by atoms with Gasteiger partial charge in [-0.3, -0.25) is 9.10 Å². The summed E-state index contributed by atoms with van der Waals surface area (Å²) in [5, 5.41) is 9.62. The molecule has 1 aliphatic rings. The number of carboxylic acids is 1. The van der Waals surface area contributed by atoms with E-state index < -0.39 is 21.9 Å². The smallest absolute Gasteiger partial charge is 0.312 e. The molecular weight excluding hydrogens is 326 g/mol. The Balaban J connectivity index is 2.11. The quantitative estimate of drug-likeness (QED) is 0.934. The van der Waals surface area contributed by atoms with E-state index >= 15 is 0 Å². The lowest BCUT2D eigenvalue weighted by Crippen LogP contribution is -2.31. The molecule has 3 rings (SSSR count). The normalized spacial score (nSPS) is 17.3. The van der Waals surface area contributed by atoms with Crippen LogP contribution in [0.4, 0.5) is 5.69 Å². The number of aliphatic carboxylic acids is 1. The third-order valence-electron chi connectivity index (χ3n) is 3.61. The molecule has 114 valence electrons. The number of halogens is 1. The standard InChI is InChI=1S/C15H12ClNO4S/c16-10-4-3-5-11(8-10)22(20,21)17-9-13(15(18)19)12-6-1-2-7-14(12)17/h1-8,13H,9H2,(H,18,19)/t13-/m1/s1. The number of nitrogens with zero attached hydrogens (tertiary/aromatic N) is 1. The van der Waals surface area contributed by atoms with Crippen LogP contribution in [-0.4, -0.2) is 26.0 Å². The number of fused-ring (bicyclic) bond motifs is 1. The minimum Gasteiger partial charge on any atom is -0.481 e. The third-order valence-corrected chi connectivity index (χ3v) is 5.62. The van der Waals surface area contributed by atoms with E-state index in [1.54, 1.807) is 36.4 Å². The lowest BCUT2D eigenvalue weighted by molar-refractivity contribution is -0.138. The first-order valence-electron chi connectivity index (χ1n) is 6.51. The fraction of sp³-hybridized carbons (Fsp3) is 0.133. The van der Waals surface area contributed by atoms with Gasteiger partial charge in [0.2, 0.25) is 0 Å². The van der Waals surface area contributed by atoms with Gasteiger partial charge in [0.15, 0.2) is 0 Å². The van der Waals surface area contributed by atoms with Crippen LogP contribution in [0.1, 0.15) is 11.5 Å². The van der Waals surface area contributed by atoms with Gasteiger partial charge < -0.3 is 5.11 Å². The Labute approximate surface area is 132 Å². The number of sulfonamides is 1. The van der Waals surface area contributed by atoms with E-state index in [4.69, 9.17) is 11.6 Å². The van der Waals surface area contributed by atoms with Crippen molar-refractivity contribution in [3.8, 4) is 0 Å². The molecule has 0 amide bonds. The monoisotopic (exact) mass is 337 g/mol. The first-order chi connectivity index (χ1) is 10.4. The van der Waals surface area contributed by atoms with Gasteiger partial charge >= 0.3 is 5.97 Å². The number of anilines is 1. The minimum absolute atomic E-state index is 0.0424. The Morgan fingerprint density at radius 3 is 2.59 bits per heavy atom. The van der Waals surface area contributed by atoms with Gasteiger partial charge in [-0.15, -0.1) is 0 Å². The van der Waals surface area contributed by atoms with Gasteiger partial charge in [0.25, 0.3) is 10.0 Å². The molecule has 1 heterocycles. The Morgan fingerprint density at radius 1 is 1.18 bits per heavy atom. The second kappa shape index (κ2) is 5.30. The van der Waals surface area contributed by atoms with E-state index in [1.807, 2.05) is 0 Å². The molecule has 0 unspecified atom stereocenters. The molecule has 0 fully saturated rings. The fourth-order valence-corrected chi connectivity index (χ4v) is 4.37. The fourth-order valence-electron chi connectivity index (χ4n) is 2.57. The summed E-state index contributed by atoms with van der Waals surface area (Å²) < 4.78 is 26.7. The maximum Gasteiger partial charge on any atom is 0.312 e. The minimum atomic E-state index is -3.86. The number of rotatable bonds is 3. The van der Waals surface area contributed by atoms with Crippen LogP contribution in [-0.2, 0) is 14.8 Å². The van der Waals surface area contributed by atoms with Gasteiger partial charge in [0.05, 0.1) is 17.1 Å². The summed E-state index contributed by atoms with van der Waals surface area (Å²) >= 11 is 5.86. The summed E-state index contributed by atoms with van der Waals surface area (Å²) in [6, 6.07) is 12.6. The molecule has 2 aromatic rings. The molecule has 0 saturated carbocycles. The van der Waals surface area contributed by atoms with Gasteiger partial charge in [-0.25, -0.2) is 8.42 Å².